The first kappa shape index (κ1) is 14.6. The number of aliphatic hydroxyl groups is 1. The Morgan fingerprint density at radius 1 is 1.32 bits per heavy atom. The van der Waals surface area contributed by atoms with E-state index >= 15 is 0 Å². The van der Waals surface area contributed by atoms with Crippen LogP contribution in [-0.4, -0.2) is 12.2 Å². The number of aliphatic hydroxyl groups excluding tert-OH is 1. The Morgan fingerprint density at radius 3 is 2.68 bits per heavy atom. The molecular weight excluding hydrogens is 324 g/mol. The van der Waals surface area contributed by atoms with Gasteiger partial charge in [0, 0.05) is 16.2 Å². The molecule has 0 spiro atoms. The van der Waals surface area contributed by atoms with Crippen molar-refractivity contribution in [3.8, 4) is 5.75 Å². The van der Waals surface area contributed by atoms with Gasteiger partial charge in [0.05, 0.1) is 17.7 Å². The van der Waals surface area contributed by atoms with E-state index in [-0.39, 0.29) is 0 Å². The molecule has 1 N–H and O–H groups in total. The summed E-state index contributed by atoms with van der Waals surface area (Å²) in [5.74, 6) is 0.808. The normalized spacial score (nSPS) is 12.4. The Hall–Kier alpha value is -0.840. The maximum atomic E-state index is 10.3. The van der Waals surface area contributed by atoms with Crippen LogP contribution in [0.2, 0.25) is 0 Å². The highest BCUT2D eigenvalue weighted by Crippen LogP contribution is 2.30. The van der Waals surface area contributed by atoms with Gasteiger partial charge < -0.3 is 9.84 Å². The fourth-order valence-corrected chi connectivity index (χ4v) is 3.45. The summed E-state index contributed by atoms with van der Waals surface area (Å²) in [5, 5.41) is 10.3. The number of rotatable bonds is 5. The largest absolute Gasteiger partial charge is 0.496 e. The van der Waals surface area contributed by atoms with Crippen molar-refractivity contribution in [3.05, 3.63) is 50.1 Å². The molecule has 102 valence electrons. The van der Waals surface area contributed by atoms with Crippen molar-refractivity contribution >= 4 is 27.3 Å². The first-order chi connectivity index (χ1) is 9.13. The number of thiophene rings is 1. The molecule has 2 nitrogen and oxygen atoms in total. The predicted octanol–water partition coefficient (Wildman–Crippen LogP) is 4.36. The number of methoxy groups -OCH3 is 1. The van der Waals surface area contributed by atoms with E-state index in [1.807, 2.05) is 24.3 Å². The standard InChI is InChI=1S/C15H17BrO2S/c1-3-11-5-7-15(19-11)13(17)9-10-4-6-14(18-2)12(16)8-10/h4-8,13,17H,3,9H2,1-2H3. The number of hydrogen-bond acceptors (Lipinski definition) is 3. The molecule has 1 heterocycles. The fraction of sp³-hybridized carbons (Fsp3) is 0.333. The third kappa shape index (κ3) is 3.59. The first-order valence-corrected chi connectivity index (χ1v) is 7.84. The molecule has 1 aromatic carbocycles. The summed E-state index contributed by atoms with van der Waals surface area (Å²) in [7, 11) is 1.65. The van der Waals surface area contributed by atoms with E-state index in [2.05, 4.69) is 28.9 Å². The Labute approximate surface area is 126 Å². The second-order valence-corrected chi connectivity index (χ2v) is 6.40. The van der Waals surface area contributed by atoms with Gasteiger partial charge in [-0.3, -0.25) is 0 Å². The van der Waals surface area contributed by atoms with Crippen molar-refractivity contribution in [2.75, 3.05) is 7.11 Å². The summed E-state index contributed by atoms with van der Waals surface area (Å²) in [6.07, 6.45) is 1.20. The lowest BCUT2D eigenvalue weighted by molar-refractivity contribution is 0.182. The molecule has 0 amide bonds. The second-order valence-electron chi connectivity index (χ2n) is 4.35. The van der Waals surface area contributed by atoms with Gasteiger partial charge in [0.15, 0.2) is 0 Å². The number of benzene rings is 1. The van der Waals surface area contributed by atoms with Crippen molar-refractivity contribution in [1.82, 2.24) is 0 Å². The van der Waals surface area contributed by atoms with Crippen molar-refractivity contribution in [1.29, 1.82) is 0 Å². The monoisotopic (exact) mass is 340 g/mol. The average Bonchev–Trinajstić information content (AvgIpc) is 2.88. The van der Waals surface area contributed by atoms with E-state index in [0.29, 0.717) is 6.42 Å². The summed E-state index contributed by atoms with van der Waals surface area (Å²) in [5.41, 5.74) is 1.09. The van der Waals surface area contributed by atoms with Crippen molar-refractivity contribution < 1.29 is 9.84 Å². The molecule has 2 rings (SSSR count). The van der Waals surface area contributed by atoms with E-state index < -0.39 is 6.10 Å². The molecule has 4 heteroatoms. The first-order valence-electron chi connectivity index (χ1n) is 6.23. The molecule has 2 aromatic rings. The Kier molecular flexibility index (Phi) is 5.02. The van der Waals surface area contributed by atoms with Crippen LogP contribution in [0.4, 0.5) is 0 Å². The molecule has 0 radical (unpaired) electrons. The van der Waals surface area contributed by atoms with E-state index in [4.69, 9.17) is 4.74 Å². The Bertz CT molecular complexity index is 551. The Morgan fingerprint density at radius 2 is 2.11 bits per heavy atom. The number of ether oxygens (including phenoxy) is 1. The molecule has 0 fully saturated rings. The van der Waals surface area contributed by atoms with Crippen LogP contribution < -0.4 is 4.74 Å². The highest BCUT2D eigenvalue weighted by molar-refractivity contribution is 9.10. The maximum absolute atomic E-state index is 10.3. The Balaban J connectivity index is 2.10. The molecule has 0 aliphatic carbocycles. The molecule has 0 aliphatic rings. The van der Waals surface area contributed by atoms with Crippen LogP contribution in [0.25, 0.3) is 0 Å². The van der Waals surface area contributed by atoms with Gasteiger partial charge in [-0.1, -0.05) is 13.0 Å². The van der Waals surface area contributed by atoms with Crippen molar-refractivity contribution in [2.45, 2.75) is 25.9 Å². The van der Waals surface area contributed by atoms with Crippen LogP contribution in [0.3, 0.4) is 0 Å². The predicted molar refractivity (Wildman–Crippen MR) is 83.1 cm³/mol. The van der Waals surface area contributed by atoms with Gasteiger partial charge in [0.25, 0.3) is 0 Å². The summed E-state index contributed by atoms with van der Waals surface area (Å²) in [6, 6.07) is 10.0. The SMILES string of the molecule is CCc1ccc(C(O)Cc2ccc(OC)c(Br)c2)s1. The van der Waals surface area contributed by atoms with E-state index in [1.54, 1.807) is 18.4 Å². The summed E-state index contributed by atoms with van der Waals surface area (Å²) >= 11 is 5.15. The topological polar surface area (TPSA) is 29.5 Å². The zero-order valence-electron chi connectivity index (χ0n) is 11.0. The van der Waals surface area contributed by atoms with Crippen LogP contribution >= 0.6 is 27.3 Å². The maximum Gasteiger partial charge on any atom is 0.133 e. The molecule has 0 saturated heterocycles. The van der Waals surface area contributed by atoms with Crippen LogP contribution in [-0.2, 0) is 12.8 Å². The minimum absolute atomic E-state index is 0.439. The van der Waals surface area contributed by atoms with Crippen molar-refractivity contribution in [2.24, 2.45) is 0 Å². The minimum atomic E-state index is -0.439. The quantitative estimate of drug-likeness (QED) is 0.876. The minimum Gasteiger partial charge on any atom is -0.496 e. The van der Waals surface area contributed by atoms with E-state index in [0.717, 1.165) is 27.1 Å². The molecule has 0 bridgehead atoms. The molecule has 1 aromatic heterocycles. The van der Waals surface area contributed by atoms with E-state index in [9.17, 15) is 5.11 Å². The molecular formula is C15H17BrO2S. The summed E-state index contributed by atoms with van der Waals surface area (Å²) < 4.78 is 6.12. The number of halogens is 1. The highest BCUT2D eigenvalue weighted by Gasteiger charge is 2.12. The van der Waals surface area contributed by atoms with Gasteiger partial charge in [-0.15, -0.1) is 11.3 Å². The fourth-order valence-electron chi connectivity index (χ4n) is 1.92. The molecule has 1 atom stereocenters. The lowest BCUT2D eigenvalue weighted by atomic mass is 10.1. The smallest absolute Gasteiger partial charge is 0.133 e. The van der Waals surface area contributed by atoms with Gasteiger partial charge in [-0.2, -0.15) is 0 Å². The molecule has 1 unspecified atom stereocenters. The van der Waals surface area contributed by atoms with Crippen LogP contribution in [0, 0.1) is 0 Å². The average molecular weight is 341 g/mol. The zero-order valence-corrected chi connectivity index (χ0v) is 13.4. The third-order valence-corrected chi connectivity index (χ3v) is 4.96. The van der Waals surface area contributed by atoms with Crippen LogP contribution in [0.15, 0.2) is 34.8 Å². The van der Waals surface area contributed by atoms with E-state index in [1.165, 1.54) is 4.88 Å². The molecule has 19 heavy (non-hydrogen) atoms. The molecule has 0 saturated carbocycles. The lowest BCUT2D eigenvalue weighted by Crippen LogP contribution is -1.99. The summed E-state index contributed by atoms with van der Waals surface area (Å²) in [6.45, 7) is 2.13. The highest BCUT2D eigenvalue weighted by atomic mass is 79.9. The number of aryl methyl sites for hydroxylation is 1. The van der Waals surface area contributed by atoms with Gasteiger partial charge >= 0.3 is 0 Å². The second kappa shape index (κ2) is 6.55. The summed E-state index contributed by atoms with van der Waals surface area (Å²) in [4.78, 5) is 2.34. The van der Waals surface area contributed by atoms with Gasteiger partial charge in [-0.05, 0) is 52.2 Å². The van der Waals surface area contributed by atoms with Crippen LogP contribution in [0.5, 0.6) is 5.75 Å². The zero-order chi connectivity index (χ0) is 13.8. The van der Waals surface area contributed by atoms with Gasteiger partial charge in [0.2, 0.25) is 0 Å². The van der Waals surface area contributed by atoms with Gasteiger partial charge in [0.1, 0.15) is 5.75 Å². The lowest BCUT2D eigenvalue weighted by Gasteiger charge is -2.10. The van der Waals surface area contributed by atoms with Crippen LogP contribution in [0.1, 0.15) is 28.3 Å². The number of hydrogen-bond donors (Lipinski definition) is 1. The third-order valence-electron chi connectivity index (χ3n) is 3.00. The molecule has 0 aliphatic heterocycles. The van der Waals surface area contributed by atoms with Crippen molar-refractivity contribution in [3.63, 3.8) is 0 Å². The van der Waals surface area contributed by atoms with Gasteiger partial charge in [-0.25, -0.2) is 0 Å².